The highest BCUT2D eigenvalue weighted by molar-refractivity contribution is 9.10. The molecule has 0 saturated carbocycles. The van der Waals surface area contributed by atoms with Crippen molar-refractivity contribution in [3.63, 3.8) is 0 Å². The minimum Gasteiger partial charge on any atom is -0.506 e. The number of fused-ring (bicyclic) bond motifs is 3. The van der Waals surface area contributed by atoms with E-state index in [-0.39, 0.29) is 24.6 Å². The standard InChI is InChI=1S/C12H7BrO7S/c13-3-4(14)1-2-5(15)7(17)8(18)10(20)12(2)21-11(1)9(19)6(3)16/h14-20H. The van der Waals surface area contributed by atoms with Crippen molar-refractivity contribution in [2.45, 2.75) is 0 Å². The monoisotopic (exact) mass is 374 g/mol. The number of aromatic hydroxyl groups is 7. The van der Waals surface area contributed by atoms with E-state index in [1.165, 1.54) is 0 Å². The first-order valence-corrected chi connectivity index (χ1v) is 7.02. The van der Waals surface area contributed by atoms with Gasteiger partial charge in [-0.3, -0.25) is 0 Å². The molecule has 0 bridgehead atoms. The van der Waals surface area contributed by atoms with Crippen LogP contribution in [0.2, 0.25) is 0 Å². The van der Waals surface area contributed by atoms with Gasteiger partial charge in [-0.1, -0.05) is 0 Å². The molecule has 0 radical (unpaired) electrons. The Hall–Kier alpha value is -2.26. The van der Waals surface area contributed by atoms with E-state index in [0.29, 0.717) is 0 Å². The van der Waals surface area contributed by atoms with Gasteiger partial charge in [0.15, 0.2) is 23.0 Å². The van der Waals surface area contributed by atoms with Crippen LogP contribution >= 0.6 is 27.3 Å². The van der Waals surface area contributed by atoms with Gasteiger partial charge < -0.3 is 35.7 Å². The lowest BCUT2D eigenvalue weighted by atomic mass is 10.1. The van der Waals surface area contributed by atoms with E-state index in [9.17, 15) is 35.7 Å². The average Bonchev–Trinajstić information content (AvgIpc) is 2.87. The number of hydrogen-bond acceptors (Lipinski definition) is 8. The molecule has 0 saturated heterocycles. The van der Waals surface area contributed by atoms with Crippen LogP contribution in [0.3, 0.4) is 0 Å². The summed E-state index contributed by atoms with van der Waals surface area (Å²) in [7, 11) is 0. The van der Waals surface area contributed by atoms with Gasteiger partial charge in [0, 0.05) is 0 Å². The van der Waals surface area contributed by atoms with Gasteiger partial charge in [0.25, 0.3) is 0 Å². The zero-order valence-electron chi connectivity index (χ0n) is 9.92. The minimum absolute atomic E-state index is 0.0289. The molecule has 0 aliphatic rings. The third-order valence-electron chi connectivity index (χ3n) is 3.13. The SMILES string of the molecule is Oc1c(O)c(O)c2c(sc3c(O)c(O)c(Br)c(O)c32)c1O. The molecule has 7 N–H and O–H groups in total. The molecule has 9 heteroatoms. The zero-order valence-corrected chi connectivity index (χ0v) is 12.3. The summed E-state index contributed by atoms with van der Waals surface area (Å²) < 4.78 is -0.307. The third-order valence-corrected chi connectivity index (χ3v) is 5.08. The first-order valence-electron chi connectivity index (χ1n) is 5.41. The normalized spacial score (nSPS) is 11.5. The number of thiophene rings is 1. The summed E-state index contributed by atoms with van der Waals surface area (Å²) in [5.41, 5.74) is 0. The molecule has 3 rings (SSSR count). The van der Waals surface area contributed by atoms with Crippen LogP contribution in [0.4, 0.5) is 0 Å². The molecule has 0 unspecified atom stereocenters. The van der Waals surface area contributed by atoms with E-state index >= 15 is 0 Å². The Kier molecular flexibility index (Phi) is 2.69. The molecule has 0 aliphatic heterocycles. The Morgan fingerprint density at radius 2 is 0.952 bits per heavy atom. The van der Waals surface area contributed by atoms with E-state index < -0.39 is 40.2 Å². The van der Waals surface area contributed by atoms with Crippen LogP contribution in [-0.4, -0.2) is 35.7 Å². The molecule has 0 amide bonds. The van der Waals surface area contributed by atoms with Crippen LogP contribution in [0, 0.1) is 0 Å². The lowest BCUT2D eigenvalue weighted by molar-refractivity contribution is 0.351. The van der Waals surface area contributed by atoms with Gasteiger partial charge in [-0.05, 0) is 15.9 Å². The minimum atomic E-state index is -0.956. The van der Waals surface area contributed by atoms with Crippen LogP contribution in [0.5, 0.6) is 40.2 Å². The molecule has 110 valence electrons. The molecule has 7 nitrogen and oxygen atoms in total. The van der Waals surface area contributed by atoms with Gasteiger partial charge in [0.05, 0.1) is 20.2 Å². The number of phenols is 7. The molecule has 21 heavy (non-hydrogen) atoms. The molecule has 0 aliphatic carbocycles. The second-order valence-corrected chi connectivity index (χ2v) is 6.08. The Labute approximate surface area is 128 Å². The smallest absolute Gasteiger partial charge is 0.205 e. The molecular formula is C12H7BrO7S. The Balaban J connectivity index is 2.73. The van der Waals surface area contributed by atoms with Crippen molar-refractivity contribution >= 4 is 47.4 Å². The number of hydrogen-bond donors (Lipinski definition) is 7. The average molecular weight is 375 g/mol. The van der Waals surface area contributed by atoms with Gasteiger partial charge in [0.2, 0.25) is 11.5 Å². The number of rotatable bonds is 0. The highest BCUT2D eigenvalue weighted by Crippen LogP contribution is 2.59. The molecule has 2 aromatic carbocycles. The van der Waals surface area contributed by atoms with Gasteiger partial charge in [-0.2, -0.15) is 0 Å². The Morgan fingerprint density at radius 1 is 0.524 bits per heavy atom. The topological polar surface area (TPSA) is 142 Å². The fourth-order valence-corrected chi connectivity index (χ4v) is 3.68. The van der Waals surface area contributed by atoms with E-state index in [4.69, 9.17) is 0 Å². The molecule has 3 aromatic rings. The zero-order chi connectivity index (χ0) is 15.6. The predicted molar refractivity (Wildman–Crippen MR) is 78.7 cm³/mol. The van der Waals surface area contributed by atoms with Crippen LogP contribution in [0.15, 0.2) is 4.47 Å². The van der Waals surface area contributed by atoms with Crippen LogP contribution in [0.1, 0.15) is 0 Å². The van der Waals surface area contributed by atoms with Crippen molar-refractivity contribution < 1.29 is 35.7 Å². The fourth-order valence-electron chi connectivity index (χ4n) is 2.10. The summed E-state index contributed by atoms with van der Waals surface area (Å²) >= 11 is 3.60. The molecule has 0 atom stereocenters. The third kappa shape index (κ3) is 1.52. The quantitative estimate of drug-likeness (QED) is 0.237. The molecule has 0 spiro atoms. The summed E-state index contributed by atoms with van der Waals surface area (Å²) in [6, 6.07) is 0. The van der Waals surface area contributed by atoms with Crippen molar-refractivity contribution in [3.8, 4) is 40.2 Å². The predicted octanol–water partition coefficient (Wildman–Crippen LogP) is 2.76. The number of halogens is 1. The van der Waals surface area contributed by atoms with E-state index in [1.54, 1.807) is 0 Å². The highest BCUT2D eigenvalue weighted by Gasteiger charge is 2.27. The Morgan fingerprint density at radius 3 is 1.52 bits per heavy atom. The molecular weight excluding hydrogens is 368 g/mol. The van der Waals surface area contributed by atoms with Crippen molar-refractivity contribution in [1.82, 2.24) is 0 Å². The maximum absolute atomic E-state index is 10.1. The molecule has 0 fully saturated rings. The van der Waals surface area contributed by atoms with Gasteiger partial charge in [0.1, 0.15) is 10.2 Å². The van der Waals surface area contributed by atoms with Gasteiger partial charge >= 0.3 is 0 Å². The first-order chi connectivity index (χ1) is 9.77. The Bertz CT molecular complexity index is 857. The largest absolute Gasteiger partial charge is 0.506 e. The van der Waals surface area contributed by atoms with Gasteiger partial charge in [-0.25, -0.2) is 0 Å². The molecule has 1 aromatic heterocycles. The summed E-state index contributed by atoms with van der Waals surface area (Å²) in [5.74, 6) is -5.04. The van der Waals surface area contributed by atoms with E-state index in [0.717, 1.165) is 11.3 Å². The lowest BCUT2D eigenvalue weighted by Crippen LogP contribution is -1.79. The highest BCUT2D eigenvalue weighted by atomic mass is 79.9. The van der Waals surface area contributed by atoms with E-state index in [1.807, 2.05) is 0 Å². The van der Waals surface area contributed by atoms with Crippen molar-refractivity contribution in [2.24, 2.45) is 0 Å². The van der Waals surface area contributed by atoms with Crippen molar-refractivity contribution in [3.05, 3.63) is 4.47 Å². The van der Waals surface area contributed by atoms with Crippen LogP contribution in [-0.2, 0) is 0 Å². The summed E-state index contributed by atoms with van der Waals surface area (Å²) in [6.45, 7) is 0. The first kappa shape index (κ1) is 13.7. The number of benzene rings is 2. The van der Waals surface area contributed by atoms with Gasteiger partial charge in [-0.15, -0.1) is 11.3 Å². The van der Waals surface area contributed by atoms with Crippen LogP contribution < -0.4 is 0 Å². The van der Waals surface area contributed by atoms with Crippen molar-refractivity contribution in [2.75, 3.05) is 0 Å². The van der Waals surface area contributed by atoms with Crippen LogP contribution in [0.25, 0.3) is 20.2 Å². The lowest BCUT2D eigenvalue weighted by Gasteiger charge is -2.07. The summed E-state index contributed by atoms with van der Waals surface area (Å²) in [6.07, 6.45) is 0. The summed E-state index contributed by atoms with van der Waals surface area (Å²) in [4.78, 5) is 0. The van der Waals surface area contributed by atoms with E-state index in [2.05, 4.69) is 15.9 Å². The molecule has 1 heterocycles. The summed E-state index contributed by atoms with van der Waals surface area (Å²) in [5, 5.41) is 68.3. The second kappa shape index (κ2) is 4.12. The second-order valence-electron chi connectivity index (χ2n) is 4.26. The maximum Gasteiger partial charge on any atom is 0.205 e. The fraction of sp³-hybridized carbons (Fsp3) is 0. The number of phenolic OH excluding ortho intramolecular Hbond substituents is 7. The van der Waals surface area contributed by atoms with Crippen molar-refractivity contribution in [1.29, 1.82) is 0 Å². The maximum atomic E-state index is 10.1.